The second-order valence-electron chi connectivity index (χ2n) is 5.68. The van der Waals surface area contributed by atoms with Gasteiger partial charge in [-0.3, -0.25) is 0 Å². The van der Waals surface area contributed by atoms with Crippen molar-refractivity contribution < 1.29 is 0 Å². The fourth-order valence-corrected chi connectivity index (χ4v) is 2.61. The summed E-state index contributed by atoms with van der Waals surface area (Å²) in [5, 5.41) is 17.9. The second kappa shape index (κ2) is 7.84. The van der Waals surface area contributed by atoms with Gasteiger partial charge in [-0.2, -0.15) is 10.2 Å². The van der Waals surface area contributed by atoms with Crippen LogP contribution in [0.2, 0.25) is 10.0 Å². The minimum absolute atomic E-state index is 0.0551. The maximum absolute atomic E-state index is 6.10. The SMILES string of the molecule is CCC(C)(CC)c1ccc(N=NCc2ccc(Cl)cc2Cl)nn1. The fraction of sp³-hybridized carbons (Fsp3) is 0.412. The van der Waals surface area contributed by atoms with Crippen LogP contribution in [0.1, 0.15) is 44.9 Å². The largest absolute Gasteiger partial charge is 0.195 e. The molecule has 1 aromatic heterocycles. The van der Waals surface area contributed by atoms with E-state index in [1.54, 1.807) is 12.1 Å². The van der Waals surface area contributed by atoms with Gasteiger partial charge in [-0.25, -0.2) is 0 Å². The summed E-state index contributed by atoms with van der Waals surface area (Å²) in [4.78, 5) is 0. The van der Waals surface area contributed by atoms with Crippen molar-refractivity contribution in [3.63, 3.8) is 0 Å². The predicted octanol–water partition coefficient (Wildman–Crippen LogP) is 6.15. The summed E-state index contributed by atoms with van der Waals surface area (Å²) in [5.74, 6) is 0.494. The lowest BCUT2D eigenvalue weighted by molar-refractivity contribution is 0.421. The Labute approximate surface area is 147 Å². The Hall–Kier alpha value is -1.52. The lowest BCUT2D eigenvalue weighted by Crippen LogP contribution is -2.21. The number of azo groups is 1. The Kier molecular flexibility index (Phi) is 6.08. The van der Waals surface area contributed by atoms with Gasteiger partial charge in [0.1, 0.15) is 0 Å². The Morgan fingerprint density at radius 2 is 1.78 bits per heavy atom. The topological polar surface area (TPSA) is 50.5 Å². The quantitative estimate of drug-likeness (QED) is 0.587. The van der Waals surface area contributed by atoms with E-state index < -0.39 is 0 Å². The van der Waals surface area contributed by atoms with Gasteiger partial charge in [-0.05, 0) is 42.7 Å². The number of aromatic nitrogens is 2. The van der Waals surface area contributed by atoms with Gasteiger partial charge < -0.3 is 0 Å². The summed E-state index contributed by atoms with van der Waals surface area (Å²) in [6.07, 6.45) is 2.04. The van der Waals surface area contributed by atoms with Crippen LogP contribution in [0.25, 0.3) is 0 Å². The molecule has 1 heterocycles. The molecule has 23 heavy (non-hydrogen) atoms. The first kappa shape index (κ1) is 17.8. The molecule has 0 aliphatic heterocycles. The Morgan fingerprint density at radius 3 is 2.35 bits per heavy atom. The van der Waals surface area contributed by atoms with Gasteiger partial charge >= 0.3 is 0 Å². The smallest absolute Gasteiger partial charge is 0.182 e. The van der Waals surface area contributed by atoms with Gasteiger partial charge in [0.25, 0.3) is 0 Å². The Morgan fingerprint density at radius 1 is 1.04 bits per heavy atom. The van der Waals surface area contributed by atoms with Crippen molar-refractivity contribution in [1.29, 1.82) is 0 Å². The average molecular weight is 351 g/mol. The molecule has 0 N–H and O–H groups in total. The van der Waals surface area contributed by atoms with Crippen LogP contribution in [0.4, 0.5) is 5.82 Å². The molecule has 0 atom stereocenters. The second-order valence-corrected chi connectivity index (χ2v) is 6.52. The maximum atomic E-state index is 6.10. The highest BCUT2D eigenvalue weighted by Crippen LogP contribution is 2.29. The van der Waals surface area contributed by atoms with E-state index >= 15 is 0 Å². The molecule has 0 saturated heterocycles. The third-order valence-corrected chi connectivity index (χ3v) is 4.85. The van der Waals surface area contributed by atoms with Crippen molar-refractivity contribution in [2.24, 2.45) is 10.2 Å². The van der Waals surface area contributed by atoms with Gasteiger partial charge in [-0.1, -0.05) is 50.0 Å². The minimum atomic E-state index is 0.0551. The van der Waals surface area contributed by atoms with Gasteiger partial charge in [0, 0.05) is 15.5 Å². The summed E-state index contributed by atoms with van der Waals surface area (Å²) in [7, 11) is 0. The van der Waals surface area contributed by atoms with Crippen LogP contribution < -0.4 is 0 Å². The normalized spacial score (nSPS) is 12.0. The number of nitrogens with zero attached hydrogens (tertiary/aromatic N) is 4. The van der Waals surface area contributed by atoms with Gasteiger partial charge in [0.2, 0.25) is 0 Å². The van der Waals surface area contributed by atoms with Crippen LogP contribution in [-0.4, -0.2) is 10.2 Å². The summed E-state index contributed by atoms with van der Waals surface area (Å²) >= 11 is 12.0. The summed E-state index contributed by atoms with van der Waals surface area (Å²) < 4.78 is 0. The van der Waals surface area contributed by atoms with E-state index in [4.69, 9.17) is 23.2 Å². The van der Waals surface area contributed by atoms with E-state index in [-0.39, 0.29) is 5.41 Å². The molecular weight excluding hydrogens is 331 g/mol. The van der Waals surface area contributed by atoms with Crippen LogP contribution in [0, 0.1) is 0 Å². The van der Waals surface area contributed by atoms with E-state index in [9.17, 15) is 0 Å². The predicted molar refractivity (Wildman–Crippen MR) is 94.6 cm³/mol. The van der Waals surface area contributed by atoms with E-state index in [2.05, 4.69) is 41.2 Å². The third kappa shape index (κ3) is 4.49. The van der Waals surface area contributed by atoms with Crippen molar-refractivity contribution in [1.82, 2.24) is 10.2 Å². The van der Waals surface area contributed by atoms with Crippen LogP contribution in [-0.2, 0) is 12.0 Å². The molecular formula is C17H20Cl2N4. The fourth-order valence-electron chi connectivity index (χ4n) is 2.15. The molecule has 2 aromatic rings. The van der Waals surface area contributed by atoms with Crippen molar-refractivity contribution in [2.45, 2.75) is 45.6 Å². The molecule has 0 amide bonds. The molecule has 1 aromatic carbocycles. The number of halogens is 2. The maximum Gasteiger partial charge on any atom is 0.195 e. The molecule has 0 saturated carbocycles. The van der Waals surface area contributed by atoms with Crippen molar-refractivity contribution >= 4 is 29.0 Å². The number of hydrogen-bond donors (Lipinski definition) is 0. The van der Waals surface area contributed by atoms with Crippen LogP contribution >= 0.6 is 23.2 Å². The standard InChI is InChI=1S/C17H20Cl2N4/c1-4-17(3,5-2)15-8-9-16(23-21-15)22-20-11-12-6-7-13(18)10-14(12)19/h6-10H,4-5,11H2,1-3H3. The average Bonchev–Trinajstić information content (AvgIpc) is 2.57. The van der Waals surface area contributed by atoms with Crippen molar-refractivity contribution in [3.05, 3.63) is 51.6 Å². The number of rotatable bonds is 6. The number of benzene rings is 1. The van der Waals surface area contributed by atoms with Crippen molar-refractivity contribution in [3.8, 4) is 0 Å². The van der Waals surface area contributed by atoms with E-state index in [0.29, 0.717) is 22.4 Å². The molecule has 0 fully saturated rings. The minimum Gasteiger partial charge on any atom is -0.182 e. The first-order valence-electron chi connectivity index (χ1n) is 7.64. The van der Waals surface area contributed by atoms with E-state index in [1.165, 1.54) is 0 Å². The summed E-state index contributed by atoms with van der Waals surface area (Å²) in [6, 6.07) is 9.14. The molecule has 6 heteroatoms. The van der Waals surface area contributed by atoms with Crippen LogP contribution in [0.5, 0.6) is 0 Å². The molecule has 122 valence electrons. The first-order chi connectivity index (χ1) is 11.0. The Bertz CT molecular complexity index is 679. The van der Waals surface area contributed by atoms with Crippen LogP contribution in [0.3, 0.4) is 0 Å². The molecule has 0 aliphatic carbocycles. The monoisotopic (exact) mass is 350 g/mol. The molecule has 0 radical (unpaired) electrons. The first-order valence-corrected chi connectivity index (χ1v) is 8.39. The highest BCUT2D eigenvalue weighted by Gasteiger charge is 2.24. The van der Waals surface area contributed by atoms with E-state index in [1.807, 2.05) is 18.2 Å². The molecule has 0 aliphatic rings. The van der Waals surface area contributed by atoms with Gasteiger partial charge in [0.15, 0.2) is 5.82 Å². The third-order valence-electron chi connectivity index (χ3n) is 4.26. The zero-order valence-corrected chi connectivity index (χ0v) is 15.1. The zero-order chi connectivity index (χ0) is 16.9. The zero-order valence-electron chi connectivity index (χ0n) is 13.6. The molecule has 2 rings (SSSR count). The lowest BCUT2D eigenvalue weighted by atomic mass is 9.81. The highest BCUT2D eigenvalue weighted by molar-refractivity contribution is 6.35. The molecule has 0 spiro atoms. The Balaban J connectivity index is 2.06. The van der Waals surface area contributed by atoms with E-state index in [0.717, 1.165) is 24.1 Å². The summed E-state index contributed by atoms with van der Waals surface area (Å²) in [5.41, 5.74) is 1.91. The molecule has 4 nitrogen and oxygen atoms in total. The van der Waals surface area contributed by atoms with Gasteiger partial charge in [-0.15, -0.1) is 10.2 Å². The van der Waals surface area contributed by atoms with Crippen molar-refractivity contribution in [2.75, 3.05) is 0 Å². The van der Waals surface area contributed by atoms with Crippen LogP contribution in [0.15, 0.2) is 40.6 Å². The summed E-state index contributed by atoms with van der Waals surface area (Å²) in [6.45, 7) is 6.89. The number of hydrogen-bond acceptors (Lipinski definition) is 4. The van der Waals surface area contributed by atoms with Gasteiger partial charge in [0.05, 0.1) is 12.2 Å². The molecule has 0 unspecified atom stereocenters. The lowest BCUT2D eigenvalue weighted by Gasteiger charge is -2.25. The molecule has 0 bridgehead atoms. The highest BCUT2D eigenvalue weighted by atomic mass is 35.5.